The summed E-state index contributed by atoms with van der Waals surface area (Å²) in [5.41, 5.74) is 0.628. The molecule has 1 saturated heterocycles. The Morgan fingerprint density at radius 3 is 2.74 bits per heavy atom. The van der Waals surface area contributed by atoms with Crippen LogP contribution < -0.4 is 10.5 Å². The van der Waals surface area contributed by atoms with Crippen LogP contribution in [-0.2, 0) is 9.53 Å². The van der Waals surface area contributed by atoms with Crippen LogP contribution in [-0.4, -0.2) is 36.1 Å². The minimum atomic E-state index is -0.117. The maximum Gasteiger partial charge on any atom is 0.309 e. The van der Waals surface area contributed by atoms with Gasteiger partial charge in [-0.25, -0.2) is 4.98 Å². The number of aromatic nitrogens is 2. The van der Waals surface area contributed by atoms with Crippen molar-refractivity contribution in [1.29, 1.82) is 0 Å². The molecule has 6 nitrogen and oxygen atoms in total. The van der Waals surface area contributed by atoms with Crippen molar-refractivity contribution in [1.82, 2.24) is 9.97 Å². The highest BCUT2D eigenvalue weighted by Crippen LogP contribution is 2.14. The number of esters is 1. The van der Waals surface area contributed by atoms with Crippen molar-refractivity contribution >= 4 is 16.9 Å². The smallest absolute Gasteiger partial charge is 0.309 e. The second-order valence-electron chi connectivity index (χ2n) is 6.15. The van der Waals surface area contributed by atoms with Crippen molar-refractivity contribution in [2.45, 2.75) is 25.8 Å². The fraction of sp³-hybridized carbons (Fsp3) is 0.471. The number of carbonyl (C=O) groups excluding carboxylic acids is 1. The second-order valence-corrected chi connectivity index (χ2v) is 6.15. The number of piperidine rings is 1. The summed E-state index contributed by atoms with van der Waals surface area (Å²) < 4.78 is 4.83. The van der Waals surface area contributed by atoms with Crippen molar-refractivity contribution in [2.75, 3.05) is 20.2 Å². The van der Waals surface area contributed by atoms with Crippen molar-refractivity contribution in [3.63, 3.8) is 0 Å². The number of benzene rings is 1. The molecule has 122 valence electrons. The molecular weight excluding hydrogens is 294 g/mol. The fourth-order valence-corrected chi connectivity index (χ4v) is 3.33. The maximum absolute atomic E-state index is 12.2. The number of methoxy groups -OCH3 is 1. The van der Waals surface area contributed by atoms with Crippen molar-refractivity contribution in [3.8, 4) is 0 Å². The summed E-state index contributed by atoms with van der Waals surface area (Å²) in [6.45, 7) is 3.82. The van der Waals surface area contributed by atoms with Gasteiger partial charge in [0.05, 0.1) is 37.0 Å². The van der Waals surface area contributed by atoms with E-state index in [0.717, 1.165) is 31.4 Å². The molecule has 0 bridgehead atoms. The fourth-order valence-electron chi connectivity index (χ4n) is 3.33. The lowest BCUT2D eigenvalue weighted by molar-refractivity contribution is -0.935. The zero-order chi connectivity index (χ0) is 16.4. The van der Waals surface area contributed by atoms with Crippen LogP contribution in [0.15, 0.2) is 29.1 Å². The first-order valence-corrected chi connectivity index (χ1v) is 8.01. The molecule has 6 heteroatoms. The van der Waals surface area contributed by atoms with Gasteiger partial charge in [-0.15, -0.1) is 0 Å². The third-order valence-corrected chi connectivity index (χ3v) is 4.82. The zero-order valence-corrected chi connectivity index (χ0v) is 13.5. The average molecular weight is 316 g/mol. The summed E-state index contributed by atoms with van der Waals surface area (Å²) in [6, 6.07) is 7.46. The molecule has 0 radical (unpaired) electrons. The van der Waals surface area contributed by atoms with Crippen molar-refractivity contribution in [2.24, 2.45) is 5.92 Å². The molecule has 1 aromatic heterocycles. The first kappa shape index (κ1) is 15.7. The molecule has 1 atom stereocenters. The predicted molar refractivity (Wildman–Crippen MR) is 86.2 cm³/mol. The summed E-state index contributed by atoms with van der Waals surface area (Å²) in [5, 5.41) is 0.614. The minimum Gasteiger partial charge on any atom is -0.469 e. The lowest BCUT2D eigenvalue weighted by Gasteiger charge is -2.31. The summed E-state index contributed by atoms with van der Waals surface area (Å²) in [5.74, 6) is 0.591. The van der Waals surface area contributed by atoms with Gasteiger partial charge in [0.1, 0.15) is 6.04 Å². The average Bonchev–Trinajstić information content (AvgIpc) is 2.60. The number of hydrogen-bond acceptors (Lipinski definition) is 4. The van der Waals surface area contributed by atoms with Gasteiger partial charge in [-0.2, -0.15) is 0 Å². The number of aromatic amines is 1. The Balaban J connectivity index is 1.78. The highest BCUT2D eigenvalue weighted by Gasteiger charge is 2.32. The number of hydrogen-bond donors (Lipinski definition) is 2. The second kappa shape index (κ2) is 6.50. The van der Waals surface area contributed by atoms with E-state index in [2.05, 4.69) is 16.9 Å². The normalized spacial score (nSPS) is 22.7. The van der Waals surface area contributed by atoms with E-state index in [1.165, 1.54) is 12.0 Å². The van der Waals surface area contributed by atoms with Gasteiger partial charge in [0.15, 0.2) is 5.82 Å². The van der Waals surface area contributed by atoms with Gasteiger partial charge in [-0.3, -0.25) is 9.59 Å². The predicted octanol–water partition coefficient (Wildman–Crippen LogP) is 0.452. The standard InChI is InChI=1S/C17H21N3O3/c1-11(20-9-7-12(8-10-20)17(22)23-2)15-18-14-6-4-3-5-13(14)16(21)19-15/h3-6,11-12H,7-10H2,1-2H3,(H,18,19,21)/p+1/t11-/m1/s1. The number of likely N-dealkylation sites (tertiary alicyclic amines) is 1. The van der Waals surface area contributed by atoms with Gasteiger partial charge >= 0.3 is 5.97 Å². The molecule has 1 fully saturated rings. The van der Waals surface area contributed by atoms with Crippen LogP contribution >= 0.6 is 0 Å². The Bertz CT molecular complexity index is 763. The minimum absolute atomic E-state index is 0.000406. The summed E-state index contributed by atoms with van der Waals surface area (Å²) in [6.07, 6.45) is 1.62. The molecule has 2 aromatic rings. The van der Waals surface area contributed by atoms with E-state index in [0.29, 0.717) is 11.2 Å². The van der Waals surface area contributed by atoms with E-state index in [9.17, 15) is 9.59 Å². The van der Waals surface area contributed by atoms with Gasteiger partial charge in [-0.05, 0) is 19.1 Å². The molecule has 0 saturated carbocycles. The molecule has 0 unspecified atom stereocenters. The maximum atomic E-state index is 12.2. The molecule has 2 N–H and O–H groups in total. The SMILES string of the molecule is COC(=O)C1CC[NH+]([C@H](C)c2nc3ccccc3c(=O)[nH]2)CC1. The number of quaternary nitrogens is 1. The van der Waals surface area contributed by atoms with Crippen LogP contribution in [0.1, 0.15) is 31.6 Å². The van der Waals surface area contributed by atoms with Crippen LogP contribution in [0.25, 0.3) is 10.9 Å². The van der Waals surface area contributed by atoms with Crippen molar-refractivity contribution < 1.29 is 14.4 Å². The van der Waals surface area contributed by atoms with Gasteiger partial charge in [0.25, 0.3) is 5.56 Å². The largest absolute Gasteiger partial charge is 0.469 e. The zero-order valence-electron chi connectivity index (χ0n) is 13.5. The highest BCUT2D eigenvalue weighted by molar-refractivity contribution is 5.77. The number of carbonyl (C=O) groups is 1. The summed E-state index contributed by atoms with van der Waals surface area (Å²) in [7, 11) is 1.44. The number of nitrogens with one attached hydrogen (secondary N) is 2. The Morgan fingerprint density at radius 1 is 1.35 bits per heavy atom. The lowest BCUT2D eigenvalue weighted by atomic mass is 9.96. The van der Waals surface area contributed by atoms with E-state index >= 15 is 0 Å². The number of nitrogens with zero attached hydrogens (tertiary/aromatic N) is 1. The Kier molecular flexibility index (Phi) is 4.43. The van der Waals surface area contributed by atoms with Gasteiger partial charge in [0, 0.05) is 12.8 Å². The van der Waals surface area contributed by atoms with E-state index < -0.39 is 0 Å². The monoisotopic (exact) mass is 316 g/mol. The highest BCUT2D eigenvalue weighted by atomic mass is 16.5. The van der Waals surface area contributed by atoms with Gasteiger partial charge in [0.2, 0.25) is 0 Å². The Labute approximate surface area is 134 Å². The Hall–Kier alpha value is -2.21. The van der Waals surface area contributed by atoms with Crippen LogP contribution in [0.2, 0.25) is 0 Å². The number of ether oxygens (including phenoxy) is 1. The molecule has 3 rings (SSSR count). The molecule has 23 heavy (non-hydrogen) atoms. The molecule has 2 heterocycles. The van der Waals surface area contributed by atoms with Crippen molar-refractivity contribution in [3.05, 3.63) is 40.4 Å². The van der Waals surface area contributed by atoms with Crippen LogP contribution in [0.3, 0.4) is 0 Å². The topological polar surface area (TPSA) is 76.5 Å². The summed E-state index contributed by atoms with van der Waals surface area (Å²) >= 11 is 0. The first-order chi connectivity index (χ1) is 11.1. The van der Waals surface area contributed by atoms with Gasteiger partial charge in [-0.1, -0.05) is 12.1 Å². The molecule has 0 aliphatic carbocycles. The first-order valence-electron chi connectivity index (χ1n) is 8.01. The van der Waals surface area contributed by atoms with Crippen LogP contribution in [0, 0.1) is 5.92 Å². The lowest BCUT2D eigenvalue weighted by Crippen LogP contribution is -3.13. The number of fused-ring (bicyclic) bond motifs is 1. The van der Waals surface area contributed by atoms with Crippen LogP contribution in [0.5, 0.6) is 0 Å². The molecule has 0 spiro atoms. The quantitative estimate of drug-likeness (QED) is 0.806. The van der Waals surface area contributed by atoms with Crippen LogP contribution in [0.4, 0.5) is 0 Å². The third kappa shape index (κ3) is 3.12. The van der Waals surface area contributed by atoms with E-state index in [1.807, 2.05) is 18.2 Å². The third-order valence-electron chi connectivity index (χ3n) is 4.82. The molecule has 0 amide bonds. The molecule has 1 aliphatic heterocycles. The van der Waals surface area contributed by atoms with E-state index in [-0.39, 0.29) is 23.5 Å². The molecule has 1 aromatic carbocycles. The van der Waals surface area contributed by atoms with Gasteiger partial charge < -0.3 is 14.6 Å². The van der Waals surface area contributed by atoms with E-state index in [4.69, 9.17) is 4.74 Å². The number of H-pyrrole nitrogens is 1. The molecule has 1 aliphatic rings. The number of para-hydroxylation sites is 1. The molecular formula is C17H22N3O3+. The Morgan fingerprint density at radius 2 is 2.04 bits per heavy atom. The number of rotatable bonds is 3. The van der Waals surface area contributed by atoms with E-state index in [1.54, 1.807) is 6.07 Å². The summed E-state index contributed by atoms with van der Waals surface area (Å²) in [4.78, 5) is 32.7.